The molecule has 1 saturated heterocycles. The number of piperazine rings is 1. The van der Waals surface area contributed by atoms with Gasteiger partial charge in [-0.2, -0.15) is 0 Å². The minimum atomic E-state index is 0.527. The number of fused-ring (bicyclic) bond motifs is 1. The highest BCUT2D eigenvalue weighted by atomic mass is 16.4. The molecule has 0 spiro atoms. The van der Waals surface area contributed by atoms with E-state index >= 15 is 0 Å². The van der Waals surface area contributed by atoms with Crippen LogP contribution < -0.4 is 5.32 Å². The normalized spacial score (nSPS) is 19.0. The topological polar surface area (TPSA) is 41.3 Å². The number of nitrogens with one attached hydrogen (secondary N) is 1. The van der Waals surface area contributed by atoms with Gasteiger partial charge < -0.3 is 9.73 Å². The molecule has 2 heterocycles. The molecule has 0 radical (unpaired) electrons. The molecule has 0 aliphatic carbocycles. The number of benzene rings is 2. The van der Waals surface area contributed by atoms with Gasteiger partial charge in [-0.1, -0.05) is 30.3 Å². The molecule has 4 rings (SSSR count). The van der Waals surface area contributed by atoms with E-state index in [1.807, 2.05) is 6.92 Å². The van der Waals surface area contributed by atoms with Crippen LogP contribution in [0, 0.1) is 6.92 Å². The maximum absolute atomic E-state index is 5.97. The van der Waals surface area contributed by atoms with Gasteiger partial charge in [0.1, 0.15) is 5.76 Å². The second-order valence-electron chi connectivity index (χ2n) is 6.61. The molecule has 1 aromatic heterocycles. The Morgan fingerprint density at radius 2 is 2.04 bits per heavy atom. The van der Waals surface area contributed by atoms with Gasteiger partial charge in [-0.3, -0.25) is 4.90 Å². The fourth-order valence-electron chi connectivity index (χ4n) is 3.33. The van der Waals surface area contributed by atoms with Crippen molar-refractivity contribution >= 4 is 10.8 Å². The van der Waals surface area contributed by atoms with Crippen LogP contribution in [0.4, 0.5) is 0 Å². The average Bonchev–Trinajstić information content (AvgIpc) is 2.97. The number of nitrogens with zero attached hydrogens (tertiary/aromatic N) is 2. The number of aromatic nitrogens is 1. The molecule has 0 bridgehead atoms. The zero-order valence-electron chi connectivity index (χ0n) is 14.2. The molecule has 1 N–H and O–H groups in total. The third kappa shape index (κ3) is 2.95. The maximum Gasteiger partial charge on any atom is 0.226 e. The van der Waals surface area contributed by atoms with E-state index in [0.29, 0.717) is 6.04 Å². The van der Waals surface area contributed by atoms with Gasteiger partial charge in [-0.05, 0) is 36.8 Å². The molecule has 1 aliphatic heterocycles. The van der Waals surface area contributed by atoms with Crippen LogP contribution >= 0.6 is 0 Å². The lowest BCUT2D eigenvalue weighted by atomic mass is 10.1. The van der Waals surface area contributed by atoms with E-state index < -0.39 is 0 Å². The average molecular weight is 321 g/mol. The second kappa shape index (κ2) is 6.38. The summed E-state index contributed by atoms with van der Waals surface area (Å²) in [5, 5.41) is 5.87. The summed E-state index contributed by atoms with van der Waals surface area (Å²) in [6, 6.07) is 15.3. The van der Waals surface area contributed by atoms with Gasteiger partial charge in [-0.25, -0.2) is 4.98 Å². The lowest BCUT2D eigenvalue weighted by Gasteiger charge is -2.33. The number of hydrogen-bond donors (Lipinski definition) is 1. The van der Waals surface area contributed by atoms with Crippen molar-refractivity contribution in [3.63, 3.8) is 0 Å². The van der Waals surface area contributed by atoms with Crippen LogP contribution in [-0.2, 0) is 6.54 Å². The van der Waals surface area contributed by atoms with E-state index in [9.17, 15) is 0 Å². The molecule has 0 unspecified atom stereocenters. The number of oxazole rings is 1. The molecular formula is C20H23N3O. The lowest BCUT2D eigenvalue weighted by molar-refractivity contribution is 0.163. The van der Waals surface area contributed by atoms with Crippen LogP contribution in [0.2, 0.25) is 0 Å². The summed E-state index contributed by atoms with van der Waals surface area (Å²) in [4.78, 5) is 7.25. The fraction of sp³-hybridized carbons (Fsp3) is 0.350. The molecule has 1 atom stereocenters. The van der Waals surface area contributed by atoms with Crippen LogP contribution in [0.15, 0.2) is 46.9 Å². The van der Waals surface area contributed by atoms with Crippen molar-refractivity contribution in [2.75, 3.05) is 19.6 Å². The first-order valence-corrected chi connectivity index (χ1v) is 8.61. The van der Waals surface area contributed by atoms with Crippen molar-refractivity contribution in [3.8, 4) is 11.5 Å². The standard InChI is InChI=1S/C20H23N3O/c1-14-12-21-9-10-23(14)13-19-15(2)24-20(22-19)18-8-7-16-5-3-4-6-17(16)11-18/h3-8,11,14,21H,9-10,12-13H2,1-2H3/t14-/m1/s1. The Hall–Kier alpha value is -2.17. The predicted molar refractivity (Wildman–Crippen MR) is 96.9 cm³/mol. The van der Waals surface area contributed by atoms with Gasteiger partial charge in [0.15, 0.2) is 0 Å². The van der Waals surface area contributed by atoms with Gasteiger partial charge in [0, 0.05) is 37.8 Å². The molecule has 124 valence electrons. The Kier molecular flexibility index (Phi) is 4.08. The Bertz CT molecular complexity index is 855. The Morgan fingerprint density at radius 3 is 2.88 bits per heavy atom. The van der Waals surface area contributed by atoms with E-state index in [1.54, 1.807) is 0 Å². The lowest BCUT2D eigenvalue weighted by Crippen LogP contribution is -2.49. The van der Waals surface area contributed by atoms with Gasteiger partial charge >= 0.3 is 0 Å². The molecule has 2 aromatic carbocycles. The van der Waals surface area contributed by atoms with Crippen molar-refractivity contribution < 1.29 is 4.42 Å². The summed E-state index contributed by atoms with van der Waals surface area (Å²) in [5.74, 6) is 1.64. The van der Waals surface area contributed by atoms with Crippen LogP contribution in [0.3, 0.4) is 0 Å². The van der Waals surface area contributed by atoms with Gasteiger partial charge in [0.05, 0.1) is 5.69 Å². The second-order valence-corrected chi connectivity index (χ2v) is 6.61. The summed E-state index contributed by atoms with van der Waals surface area (Å²) in [7, 11) is 0. The smallest absolute Gasteiger partial charge is 0.226 e. The number of rotatable bonds is 3. The summed E-state index contributed by atoms with van der Waals surface area (Å²) >= 11 is 0. The third-order valence-electron chi connectivity index (χ3n) is 4.88. The summed E-state index contributed by atoms with van der Waals surface area (Å²) in [6.07, 6.45) is 0. The summed E-state index contributed by atoms with van der Waals surface area (Å²) in [5.41, 5.74) is 2.09. The number of hydrogen-bond acceptors (Lipinski definition) is 4. The van der Waals surface area contributed by atoms with Crippen molar-refractivity contribution in [1.82, 2.24) is 15.2 Å². The molecule has 1 fully saturated rings. The predicted octanol–water partition coefficient (Wildman–Crippen LogP) is 3.60. The van der Waals surface area contributed by atoms with Crippen molar-refractivity contribution in [2.45, 2.75) is 26.4 Å². The molecule has 0 saturated carbocycles. The van der Waals surface area contributed by atoms with Crippen molar-refractivity contribution in [2.24, 2.45) is 0 Å². The molecule has 4 nitrogen and oxygen atoms in total. The highest BCUT2D eigenvalue weighted by Crippen LogP contribution is 2.26. The largest absolute Gasteiger partial charge is 0.441 e. The van der Waals surface area contributed by atoms with Gasteiger partial charge in [0.2, 0.25) is 5.89 Å². The fourth-order valence-corrected chi connectivity index (χ4v) is 3.33. The van der Waals surface area contributed by atoms with Crippen molar-refractivity contribution in [3.05, 3.63) is 53.9 Å². The Balaban J connectivity index is 1.62. The van der Waals surface area contributed by atoms with E-state index in [0.717, 1.165) is 49.1 Å². The highest BCUT2D eigenvalue weighted by Gasteiger charge is 2.21. The van der Waals surface area contributed by atoms with E-state index in [2.05, 4.69) is 59.6 Å². The Morgan fingerprint density at radius 1 is 1.21 bits per heavy atom. The molecule has 4 heteroatoms. The van der Waals surface area contributed by atoms with Crippen LogP contribution in [-0.4, -0.2) is 35.6 Å². The molecule has 24 heavy (non-hydrogen) atoms. The molecule has 1 aliphatic rings. The van der Waals surface area contributed by atoms with Crippen LogP contribution in [0.25, 0.3) is 22.2 Å². The maximum atomic E-state index is 5.97. The zero-order chi connectivity index (χ0) is 16.5. The van der Waals surface area contributed by atoms with Gasteiger partial charge in [0.25, 0.3) is 0 Å². The summed E-state index contributed by atoms with van der Waals surface area (Å²) < 4.78 is 5.97. The molecule has 3 aromatic rings. The summed E-state index contributed by atoms with van der Waals surface area (Å²) in [6.45, 7) is 8.25. The minimum absolute atomic E-state index is 0.527. The van der Waals surface area contributed by atoms with E-state index in [1.165, 1.54) is 10.8 Å². The van der Waals surface area contributed by atoms with E-state index in [-0.39, 0.29) is 0 Å². The SMILES string of the molecule is Cc1oc(-c2ccc3ccccc3c2)nc1CN1CCNC[C@H]1C. The monoisotopic (exact) mass is 321 g/mol. The van der Waals surface area contributed by atoms with E-state index in [4.69, 9.17) is 9.40 Å². The Labute approximate surface area is 142 Å². The van der Waals surface area contributed by atoms with Crippen molar-refractivity contribution in [1.29, 1.82) is 0 Å². The first-order valence-electron chi connectivity index (χ1n) is 8.61. The zero-order valence-corrected chi connectivity index (χ0v) is 14.2. The van der Waals surface area contributed by atoms with Crippen LogP contribution in [0.1, 0.15) is 18.4 Å². The molecule has 0 amide bonds. The number of aryl methyl sites for hydroxylation is 1. The first-order chi connectivity index (χ1) is 11.7. The third-order valence-corrected chi connectivity index (χ3v) is 4.88. The van der Waals surface area contributed by atoms with Crippen LogP contribution in [0.5, 0.6) is 0 Å². The van der Waals surface area contributed by atoms with Gasteiger partial charge in [-0.15, -0.1) is 0 Å². The highest BCUT2D eigenvalue weighted by molar-refractivity contribution is 5.86. The first kappa shape index (κ1) is 15.4. The quantitative estimate of drug-likeness (QED) is 0.800. The molecular weight excluding hydrogens is 298 g/mol. The minimum Gasteiger partial charge on any atom is -0.441 e.